The summed E-state index contributed by atoms with van der Waals surface area (Å²) in [6.45, 7) is 0. The number of hydrogen-bond donors (Lipinski definition) is 4. The van der Waals surface area contributed by atoms with Crippen molar-refractivity contribution in [3.8, 4) is 0 Å². The van der Waals surface area contributed by atoms with Gasteiger partial charge in [0.1, 0.15) is 6.17 Å². The lowest BCUT2D eigenvalue weighted by Crippen LogP contribution is -2.37. The maximum atomic E-state index is 14.2. The van der Waals surface area contributed by atoms with Crippen LogP contribution in [0.25, 0.3) is 5.57 Å². The second-order valence-corrected chi connectivity index (χ2v) is 6.56. The molecule has 4 rings (SSSR count). The van der Waals surface area contributed by atoms with Gasteiger partial charge in [0.2, 0.25) is 0 Å². The van der Waals surface area contributed by atoms with Gasteiger partial charge in [-0.15, -0.1) is 0 Å². The summed E-state index contributed by atoms with van der Waals surface area (Å²) in [6.07, 6.45) is 10.7. The first kappa shape index (κ1) is 16.0. The van der Waals surface area contributed by atoms with Crippen LogP contribution >= 0.6 is 0 Å². The second kappa shape index (κ2) is 6.79. The number of rotatable bonds is 4. The Morgan fingerprint density at radius 1 is 1.24 bits per heavy atom. The zero-order valence-electron chi connectivity index (χ0n) is 14.1. The summed E-state index contributed by atoms with van der Waals surface area (Å²) < 4.78 is 14.2. The highest BCUT2D eigenvalue weighted by Crippen LogP contribution is 2.30. The molecule has 132 valence electrons. The van der Waals surface area contributed by atoms with Crippen molar-refractivity contribution in [1.29, 1.82) is 0 Å². The molecule has 1 aliphatic carbocycles. The van der Waals surface area contributed by atoms with E-state index in [2.05, 4.69) is 36.2 Å². The molecule has 7 nitrogen and oxygen atoms in total. The topological polar surface area (TPSA) is 86.3 Å². The number of halogens is 1. The number of anilines is 1. The van der Waals surface area contributed by atoms with Crippen molar-refractivity contribution in [3.63, 3.8) is 0 Å². The van der Waals surface area contributed by atoms with Crippen LogP contribution in [0.5, 0.6) is 0 Å². The van der Waals surface area contributed by atoms with Crippen LogP contribution in [0.3, 0.4) is 0 Å². The summed E-state index contributed by atoms with van der Waals surface area (Å²) in [4.78, 5) is 12.9. The standard InChI is InChI=1S/C17H22FN7/c1-19-10-3-2-4-11(5-10)24-17-14(18)8-22-16(25-17)13-7-21-15-12(13)6-20-9-23-15/h6-11,15,19,21H,2-5H2,1H3,(H,20,23)(H,22,24,25). The molecule has 1 aromatic heterocycles. The lowest BCUT2D eigenvalue weighted by molar-refractivity contribution is 0.368. The summed E-state index contributed by atoms with van der Waals surface area (Å²) in [5, 5.41) is 12.7. The molecule has 4 N–H and O–H groups in total. The quantitative estimate of drug-likeness (QED) is 0.660. The molecule has 3 heterocycles. The van der Waals surface area contributed by atoms with Crippen LogP contribution in [0, 0.1) is 5.82 Å². The third kappa shape index (κ3) is 3.21. The number of aromatic nitrogens is 2. The predicted octanol–water partition coefficient (Wildman–Crippen LogP) is 1.34. The van der Waals surface area contributed by atoms with Crippen molar-refractivity contribution in [2.45, 2.75) is 43.9 Å². The van der Waals surface area contributed by atoms with Gasteiger partial charge in [0.15, 0.2) is 17.5 Å². The summed E-state index contributed by atoms with van der Waals surface area (Å²) in [5.41, 5.74) is 1.78. The molecule has 2 aliphatic heterocycles. The van der Waals surface area contributed by atoms with Gasteiger partial charge in [0.05, 0.1) is 12.5 Å². The average molecular weight is 343 g/mol. The van der Waals surface area contributed by atoms with Crippen LogP contribution < -0.4 is 21.3 Å². The van der Waals surface area contributed by atoms with Crippen LogP contribution in [0.2, 0.25) is 0 Å². The zero-order valence-corrected chi connectivity index (χ0v) is 14.1. The van der Waals surface area contributed by atoms with E-state index >= 15 is 0 Å². The molecular weight excluding hydrogens is 321 g/mol. The van der Waals surface area contributed by atoms with E-state index in [4.69, 9.17) is 0 Å². The fraction of sp³-hybridized carbons (Fsp3) is 0.471. The molecule has 1 aromatic rings. The monoisotopic (exact) mass is 343 g/mol. The first-order chi connectivity index (χ1) is 12.2. The van der Waals surface area contributed by atoms with Crippen LogP contribution in [0.15, 0.2) is 29.2 Å². The Morgan fingerprint density at radius 2 is 2.12 bits per heavy atom. The lowest BCUT2D eigenvalue weighted by Gasteiger charge is -2.30. The molecule has 0 saturated heterocycles. The summed E-state index contributed by atoms with van der Waals surface area (Å²) in [7, 11) is 1.97. The lowest BCUT2D eigenvalue weighted by atomic mass is 9.91. The number of hydrogen-bond acceptors (Lipinski definition) is 7. The maximum Gasteiger partial charge on any atom is 0.183 e. The van der Waals surface area contributed by atoms with Crippen LogP contribution in [-0.4, -0.2) is 41.6 Å². The van der Waals surface area contributed by atoms with E-state index < -0.39 is 5.82 Å². The SMILES string of the molecule is CNC1CCCC(Nc2nc(C3=CNC4N=CNC=C34)ncc2F)C1. The van der Waals surface area contributed by atoms with E-state index in [0.29, 0.717) is 11.9 Å². The summed E-state index contributed by atoms with van der Waals surface area (Å²) in [5.74, 6) is 0.334. The highest BCUT2D eigenvalue weighted by Gasteiger charge is 2.28. The van der Waals surface area contributed by atoms with Crippen LogP contribution in [-0.2, 0) is 0 Å². The van der Waals surface area contributed by atoms with Crippen LogP contribution in [0.4, 0.5) is 10.2 Å². The Balaban J connectivity index is 1.54. The number of fused-ring (bicyclic) bond motifs is 1. The van der Waals surface area contributed by atoms with Crippen molar-refractivity contribution >= 4 is 17.7 Å². The van der Waals surface area contributed by atoms with Gasteiger partial charge in [0.25, 0.3) is 0 Å². The van der Waals surface area contributed by atoms with E-state index in [1.807, 2.05) is 19.4 Å². The van der Waals surface area contributed by atoms with Gasteiger partial charge in [-0.2, -0.15) is 0 Å². The Labute approximate surface area is 145 Å². The third-order valence-electron chi connectivity index (χ3n) is 4.94. The van der Waals surface area contributed by atoms with Crippen molar-refractivity contribution in [3.05, 3.63) is 35.8 Å². The summed E-state index contributed by atoms with van der Waals surface area (Å²) in [6, 6.07) is 0.682. The Kier molecular flexibility index (Phi) is 4.35. The van der Waals surface area contributed by atoms with E-state index in [1.54, 1.807) is 6.34 Å². The Morgan fingerprint density at radius 3 is 3.00 bits per heavy atom. The fourth-order valence-electron chi connectivity index (χ4n) is 3.58. The molecule has 0 spiro atoms. The Bertz CT molecular complexity index is 743. The Hall–Kier alpha value is -2.48. The maximum absolute atomic E-state index is 14.2. The summed E-state index contributed by atoms with van der Waals surface area (Å²) >= 11 is 0. The van der Waals surface area contributed by atoms with Crippen LogP contribution in [0.1, 0.15) is 31.5 Å². The van der Waals surface area contributed by atoms with E-state index in [1.165, 1.54) is 6.20 Å². The molecule has 3 aliphatic rings. The molecule has 0 aromatic carbocycles. The minimum Gasteiger partial charge on any atom is -0.365 e. The zero-order chi connectivity index (χ0) is 17.2. The normalized spacial score (nSPS) is 27.7. The van der Waals surface area contributed by atoms with E-state index in [0.717, 1.165) is 36.8 Å². The molecule has 25 heavy (non-hydrogen) atoms. The molecule has 1 saturated carbocycles. The fourth-order valence-corrected chi connectivity index (χ4v) is 3.58. The van der Waals surface area contributed by atoms with E-state index in [9.17, 15) is 4.39 Å². The highest BCUT2D eigenvalue weighted by atomic mass is 19.1. The number of nitrogens with one attached hydrogen (secondary N) is 4. The molecule has 0 bridgehead atoms. The van der Waals surface area contributed by atoms with Gasteiger partial charge in [-0.25, -0.2) is 19.4 Å². The molecule has 8 heteroatoms. The van der Waals surface area contributed by atoms with Gasteiger partial charge in [-0.1, -0.05) is 0 Å². The smallest absolute Gasteiger partial charge is 0.183 e. The number of nitrogens with zero attached hydrogens (tertiary/aromatic N) is 3. The van der Waals surface area contributed by atoms with Crippen molar-refractivity contribution in [2.24, 2.45) is 4.99 Å². The molecule has 0 amide bonds. The molecule has 3 unspecified atom stereocenters. The van der Waals surface area contributed by atoms with Gasteiger partial charge in [-0.05, 0) is 32.7 Å². The van der Waals surface area contributed by atoms with Gasteiger partial charge in [-0.3, -0.25) is 0 Å². The predicted molar refractivity (Wildman–Crippen MR) is 95.3 cm³/mol. The van der Waals surface area contributed by atoms with Crippen molar-refractivity contribution in [1.82, 2.24) is 25.9 Å². The second-order valence-electron chi connectivity index (χ2n) is 6.56. The minimum atomic E-state index is -0.424. The van der Waals surface area contributed by atoms with E-state index in [-0.39, 0.29) is 18.0 Å². The van der Waals surface area contributed by atoms with Gasteiger partial charge >= 0.3 is 0 Å². The molecule has 3 atom stereocenters. The minimum absolute atomic E-state index is 0.129. The largest absolute Gasteiger partial charge is 0.365 e. The highest BCUT2D eigenvalue weighted by molar-refractivity contribution is 5.81. The molecular formula is C17H22FN7. The van der Waals surface area contributed by atoms with Crippen molar-refractivity contribution < 1.29 is 4.39 Å². The number of aliphatic imine (C=N–C) groups is 1. The van der Waals surface area contributed by atoms with Gasteiger partial charge in [0, 0.05) is 35.6 Å². The average Bonchev–Trinajstić information content (AvgIpc) is 3.08. The van der Waals surface area contributed by atoms with Crippen molar-refractivity contribution in [2.75, 3.05) is 12.4 Å². The first-order valence-corrected chi connectivity index (χ1v) is 8.65. The molecule has 1 fully saturated rings. The third-order valence-corrected chi connectivity index (χ3v) is 4.94. The molecule has 0 radical (unpaired) electrons. The van der Waals surface area contributed by atoms with Gasteiger partial charge < -0.3 is 21.3 Å². The first-order valence-electron chi connectivity index (χ1n) is 8.65.